The maximum Gasteiger partial charge on any atom is 0.262 e. The van der Waals surface area contributed by atoms with Crippen molar-refractivity contribution in [1.29, 1.82) is 5.26 Å². The molecule has 1 aromatic heterocycles. The van der Waals surface area contributed by atoms with Gasteiger partial charge in [-0.1, -0.05) is 11.6 Å². The van der Waals surface area contributed by atoms with Crippen LogP contribution in [0.25, 0.3) is 0 Å². The van der Waals surface area contributed by atoms with Crippen molar-refractivity contribution in [3.63, 3.8) is 0 Å². The van der Waals surface area contributed by atoms with Crippen molar-refractivity contribution in [1.82, 2.24) is 25.3 Å². The van der Waals surface area contributed by atoms with Crippen LogP contribution in [-0.4, -0.2) is 107 Å². The van der Waals surface area contributed by atoms with Gasteiger partial charge in [0, 0.05) is 69.9 Å². The first-order valence-electron chi connectivity index (χ1n) is 20.2. The molecular formula is C42H46ClN9O6. The van der Waals surface area contributed by atoms with Gasteiger partial charge in [-0.05, 0) is 99.7 Å². The summed E-state index contributed by atoms with van der Waals surface area (Å²) in [5.74, 6) is 0.253. The first-order chi connectivity index (χ1) is 28.1. The molecule has 0 bridgehead atoms. The fraction of sp³-hybridized carbons (Fsp3) is 0.476. The number of anilines is 3. The number of hydrogen-bond acceptors (Lipinski definition) is 12. The number of halogens is 1. The van der Waals surface area contributed by atoms with E-state index in [9.17, 15) is 24.0 Å². The van der Waals surface area contributed by atoms with Crippen molar-refractivity contribution in [2.45, 2.75) is 69.9 Å². The summed E-state index contributed by atoms with van der Waals surface area (Å²) in [5, 5.41) is 23.5. The zero-order valence-corrected chi connectivity index (χ0v) is 33.0. The summed E-state index contributed by atoms with van der Waals surface area (Å²) in [6.07, 6.45) is 6.18. The number of nitrogens with one attached hydrogen (secondary N) is 2. The van der Waals surface area contributed by atoms with Crippen molar-refractivity contribution in [2.24, 2.45) is 11.8 Å². The van der Waals surface area contributed by atoms with E-state index in [4.69, 9.17) is 21.6 Å². The Kier molecular flexibility index (Phi) is 11.6. The Hall–Kier alpha value is -5.59. The fourth-order valence-corrected chi connectivity index (χ4v) is 9.06. The van der Waals surface area contributed by atoms with Crippen LogP contribution < -0.4 is 25.2 Å². The van der Waals surface area contributed by atoms with Crippen LogP contribution in [-0.2, 0) is 14.4 Å². The third-order valence-electron chi connectivity index (χ3n) is 12.2. The molecule has 1 aliphatic carbocycles. The van der Waals surface area contributed by atoms with Gasteiger partial charge < -0.3 is 19.9 Å². The largest absolute Gasteiger partial charge is 0.490 e. The molecule has 8 rings (SSSR count). The number of nitriles is 1. The van der Waals surface area contributed by atoms with Gasteiger partial charge in [-0.2, -0.15) is 5.26 Å². The van der Waals surface area contributed by atoms with Gasteiger partial charge in [0.2, 0.25) is 17.7 Å². The molecule has 3 aromatic rings. The summed E-state index contributed by atoms with van der Waals surface area (Å²) in [6, 6.07) is 15.2. The molecule has 4 aliphatic heterocycles. The molecule has 5 aliphatic rings. The minimum atomic E-state index is -0.977. The first-order valence-corrected chi connectivity index (χ1v) is 20.6. The number of carbonyl (C=O) groups is 5. The standard InChI is InChI=1S/C42H46ClN9O6/c43-34-23-31(8-5-28(34)24-44)58-30-3-1-2-27(4-7-30)39(54)45-36-11-12-37(48-47-36)51-16-14-26(15-17-51)25-49-18-20-50(21-19-49)29-6-9-32-33(22-29)42(57)52(41(32)56)35-10-13-38(53)46-40(35)55/h5-6,8-9,11-12,22-23,26-27,30,35H,1-4,7,10,13-21,25H2,(H,45,47,54)(H,46,53,55). The lowest BCUT2D eigenvalue weighted by atomic mass is 9.96. The van der Waals surface area contributed by atoms with Crippen molar-refractivity contribution in [3.05, 3.63) is 70.2 Å². The lowest BCUT2D eigenvalue weighted by Crippen LogP contribution is -2.54. The number of amides is 5. The van der Waals surface area contributed by atoms with Crippen molar-refractivity contribution in [2.75, 3.05) is 60.9 Å². The second kappa shape index (κ2) is 17.1. The van der Waals surface area contributed by atoms with Gasteiger partial charge in [0.15, 0.2) is 11.6 Å². The molecule has 5 heterocycles. The molecule has 3 unspecified atom stereocenters. The molecule has 1 saturated carbocycles. The first kappa shape index (κ1) is 39.2. The molecule has 15 nitrogen and oxygen atoms in total. The molecule has 0 spiro atoms. The van der Waals surface area contributed by atoms with Gasteiger partial charge in [-0.25, -0.2) is 0 Å². The number of piperazine rings is 1. The van der Waals surface area contributed by atoms with Gasteiger partial charge in [0.05, 0.1) is 27.8 Å². The average Bonchev–Trinajstić information content (AvgIpc) is 3.34. The zero-order valence-electron chi connectivity index (χ0n) is 32.2. The quantitative estimate of drug-likeness (QED) is 0.230. The second-order valence-electron chi connectivity index (χ2n) is 15.9. The van der Waals surface area contributed by atoms with Gasteiger partial charge in [-0.3, -0.25) is 39.1 Å². The van der Waals surface area contributed by atoms with Crippen molar-refractivity contribution >= 4 is 58.5 Å². The predicted octanol–water partition coefficient (Wildman–Crippen LogP) is 4.41. The number of hydrogen-bond donors (Lipinski definition) is 2. The van der Waals surface area contributed by atoms with Crippen LogP contribution in [0, 0.1) is 23.2 Å². The number of imide groups is 2. The maximum absolute atomic E-state index is 13.3. The van der Waals surface area contributed by atoms with Crippen molar-refractivity contribution < 1.29 is 28.7 Å². The molecule has 16 heteroatoms. The van der Waals surface area contributed by atoms with E-state index in [1.54, 1.807) is 30.3 Å². The van der Waals surface area contributed by atoms with E-state index in [2.05, 4.69) is 41.6 Å². The minimum Gasteiger partial charge on any atom is -0.490 e. The maximum atomic E-state index is 13.3. The van der Waals surface area contributed by atoms with Crippen LogP contribution in [0.4, 0.5) is 17.3 Å². The molecule has 302 valence electrons. The third kappa shape index (κ3) is 8.49. The Morgan fingerprint density at radius 1 is 0.845 bits per heavy atom. The van der Waals surface area contributed by atoms with E-state index in [0.29, 0.717) is 40.1 Å². The number of carbonyl (C=O) groups excluding carboxylic acids is 5. The van der Waals surface area contributed by atoms with E-state index in [0.717, 1.165) is 101 Å². The van der Waals surface area contributed by atoms with Crippen LogP contribution in [0.15, 0.2) is 48.5 Å². The van der Waals surface area contributed by atoms with E-state index in [1.165, 1.54) is 0 Å². The lowest BCUT2D eigenvalue weighted by molar-refractivity contribution is -0.136. The van der Waals surface area contributed by atoms with Crippen LogP contribution in [0.1, 0.15) is 84.1 Å². The predicted molar refractivity (Wildman–Crippen MR) is 215 cm³/mol. The van der Waals surface area contributed by atoms with Gasteiger partial charge in [0.25, 0.3) is 11.8 Å². The molecule has 2 aromatic carbocycles. The summed E-state index contributed by atoms with van der Waals surface area (Å²) >= 11 is 6.17. The Labute approximate surface area is 341 Å². The highest BCUT2D eigenvalue weighted by molar-refractivity contribution is 6.31. The molecule has 3 atom stereocenters. The van der Waals surface area contributed by atoms with E-state index in [-0.39, 0.29) is 36.3 Å². The third-order valence-corrected chi connectivity index (χ3v) is 12.5. The van der Waals surface area contributed by atoms with E-state index >= 15 is 0 Å². The Balaban J connectivity index is 0.758. The summed E-state index contributed by atoms with van der Waals surface area (Å²) < 4.78 is 6.14. The second-order valence-corrected chi connectivity index (χ2v) is 16.3. The van der Waals surface area contributed by atoms with Gasteiger partial charge in [-0.15, -0.1) is 10.2 Å². The summed E-state index contributed by atoms with van der Waals surface area (Å²) in [5.41, 5.74) is 1.88. The molecular weight excluding hydrogens is 762 g/mol. The van der Waals surface area contributed by atoms with E-state index < -0.39 is 29.7 Å². The van der Waals surface area contributed by atoms with Crippen LogP contribution in [0.3, 0.4) is 0 Å². The number of nitrogens with zero attached hydrogens (tertiary/aromatic N) is 7. The van der Waals surface area contributed by atoms with Gasteiger partial charge >= 0.3 is 0 Å². The van der Waals surface area contributed by atoms with Crippen molar-refractivity contribution in [3.8, 4) is 11.8 Å². The molecule has 58 heavy (non-hydrogen) atoms. The normalized spacial score (nSPS) is 23.2. The highest BCUT2D eigenvalue weighted by atomic mass is 35.5. The SMILES string of the molecule is N#Cc1ccc(OC2CCCC(C(=O)Nc3ccc(N4CCC(CN5CCN(c6ccc7c(c6)C(=O)N(C6CCC(=O)NC6=O)C7=O)CC5)CC4)nn3)CC2)cc1Cl. The molecule has 2 N–H and O–H groups in total. The Morgan fingerprint density at radius 2 is 1.64 bits per heavy atom. The monoisotopic (exact) mass is 807 g/mol. The number of fused-ring (bicyclic) bond motifs is 1. The van der Waals surface area contributed by atoms with Crippen LogP contribution in [0.2, 0.25) is 5.02 Å². The molecule has 0 radical (unpaired) electrons. The minimum absolute atomic E-state index is 0.0237. The number of aromatic nitrogens is 2. The number of piperidine rings is 2. The topological polar surface area (TPSA) is 181 Å². The Morgan fingerprint density at radius 3 is 2.36 bits per heavy atom. The summed E-state index contributed by atoms with van der Waals surface area (Å²) in [6.45, 7) is 6.11. The molecule has 3 saturated heterocycles. The number of benzene rings is 2. The summed E-state index contributed by atoms with van der Waals surface area (Å²) in [4.78, 5) is 71.6. The smallest absolute Gasteiger partial charge is 0.262 e. The van der Waals surface area contributed by atoms with Crippen LogP contribution >= 0.6 is 11.6 Å². The summed E-state index contributed by atoms with van der Waals surface area (Å²) in [7, 11) is 0. The van der Waals surface area contributed by atoms with Gasteiger partial charge in [0.1, 0.15) is 17.9 Å². The highest BCUT2D eigenvalue weighted by Crippen LogP contribution is 2.33. The number of rotatable bonds is 9. The lowest BCUT2D eigenvalue weighted by Gasteiger charge is -2.39. The van der Waals surface area contributed by atoms with Crippen LogP contribution in [0.5, 0.6) is 5.75 Å². The highest BCUT2D eigenvalue weighted by Gasteiger charge is 2.45. The Bertz CT molecular complexity index is 2130. The zero-order chi connectivity index (χ0) is 40.3. The molecule has 5 amide bonds. The average molecular weight is 808 g/mol. The van der Waals surface area contributed by atoms with E-state index in [1.807, 2.05) is 18.2 Å². The fourth-order valence-electron chi connectivity index (χ4n) is 8.84. The molecule has 4 fully saturated rings. The number of ether oxygens (including phenoxy) is 1.